The Morgan fingerprint density at radius 3 is 2.43 bits per heavy atom. The quantitative estimate of drug-likeness (QED) is 0.878. The summed E-state index contributed by atoms with van der Waals surface area (Å²) in [7, 11) is 0. The molecule has 0 aromatic heterocycles. The molecule has 0 spiro atoms. The standard InChI is InChI=1S/C17H15Cl2N3O/c1-11-2-4-12(5-3-11)8-14-15(18)9-13(10-16(14)19)22-17(23)20-6-7-21-22/h2-5,7,9-10H,6,8H2,1H3,(H,20,23). The Kier molecular flexibility index (Phi) is 4.55. The monoisotopic (exact) mass is 347 g/mol. The van der Waals surface area contributed by atoms with Crippen LogP contribution in [0.2, 0.25) is 10.0 Å². The third-order valence-electron chi connectivity index (χ3n) is 3.61. The predicted molar refractivity (Wildman–Crippen MR) is 94.8 cm³/mol. The topological polar surface area (TPSA) is 44.7 Å². The van der Waals surface area contributed by atoms with Gasteiger partial charge in [0.2, 0.25) is 0 Å². The van der Waals surface area contributed by atoms with Gasteiger partial charge < -0.3 is 5.32 Å². The van der Waals surface area contributed by atoms with Crippen LogP contribution in [0.4, 0.5) is 10.5 Å². The van der Waals surface area contributed by atoms with Gasteiger partial charge in [0.15, 0.2) is 0 Å². The highest BCUT2D eigenvalue weighted by molar-refractivity contribution is 6.36. The van der Waals surface area contributed by atoms with E-state index in [2.05, 4.69) is 34.7 Å². The van der Waals surface area contributed by atoms with Gasteiger partial charge in [-0.2, -0.15) is 10.1 Å². The van der Waals surface area contributed by atoms with Gasteiger partial charge in [0.1, 0.15) is 0 Å². The van der Waals surface area contributed by atoms with Gasteiger partial charge in [-0.1, -0.05) is 53.0 Å². The Labute approximate surface area is 144 Å². The maximum absolute atomic E-state index is 11.8. The normalized spacial score (nSPS) is 14.0. The molecule has 4 nitrogen and oxygen atoms in total. The first kappa shape index (κ1) is 15.8. The zero-order chi connectivity index (χ0) is 16.4. The number of benzene rings is 2. The van der Waals surface area contributed by atoms with Crippen LogP contribution in [0, 0.1) is 6.92 Å². The molecule has 0 aliphatic carbocycles. The summed E-state index contributed by atoms with van der Waals surface area (Å²) < 4.78 is 0. The summed E-state index contributed by atoms with van der Waals surface area (Å²) in [5, 5.41) is 9.02. The fourth-order valence-corrected chi connectivity index (χ4v) is 2.97. The van der Waals surface area contributed by atoms with Crippen LogP contribution < -0.4 is 10.3 Å². The Bertz CT molecular complexity index is 749. The molecule has 6 heteroatoms. The van der Waals surface area contributed by atoms with Gasteiger partial charge in [-0.05, 0) is 30.2 Å². The van der Waals surface area contributed by atoms with E-state index in [1.54, 1.807) is 18.3 Å². The maximum atomic E-state index is 11.8. The highest BCUT2D eigenvalue weighted by atomic mass is 35.5. The van der Waals surface area contributed by atoms with Gasteiger partial charge in [0.25, 0.3) is 0 Å². The van der Waals surface area contributed by atoms with E-state index in [0.717, 1.165) is 11.1 Å². The largest absolute Gasteiger partial charge is 0.342 e. The van der Waals surface area contributed by atoms with Gasteiger partial charge in [-0.25, -0.2) is 4.79 Å². The second-order valence-electron chi connectivity index (χ2n) is 5.35. The van der Waals surface area contributed by atoms with Crippen LogP contribution in [0.5, 0.6) is 0 Å². The Morgan fingerprint density at radius 2 is 1.83 bits per heavy atom. The number of hydrogen-bond donors (Lipinski definition) is 1. The number of amides is 2. The van der Waals surface area contributed by atoms with Crippen molar-refractivity contribution >= 4 is 41.1 Å². The van der Waals surface area contributed by atoms with Crippen molar-refractivity contribution in [3.8, 4) is 0 Å². The number of halogens is 2. The first-order valence-corrected chi connectivity index (χ1v) is 7.94. The molecule has 0 fully saturated rings. The van der Waals surface area contributed by atoms with Crippen molar-refractivity contribution in [2.24, 2.45) is 5.10 Å². The summed E-state index contributed by atoms with van der Waals surface area (Å²) in [6.45, 7) is 2.46. The van der Waals surface area contributed by atoms with Crippen LogP contribution in [0.15, 0.2) is 41.5 Å². The number of nitrogens with one attached hydrogen (secondary N) is 1. The molecule has 1 aliphatic heterocycles. The third kappa shape index (κ3) is 3.49. The molecular weight excluding hydrogens is 333 g/mol. The summed E-state index contributed by atoms with van der Waals surface area (Å²) in [6.07, 6.45) is 2.25. The average Bonchev–Trinajstić information content (AvgIpc) is 2.53. The third-order valence-corrected chi connectivity index (χ3v) is 4.28. The predicted octanol–water partition coefficient (Wildman–Crippen LogP) is 4.41. The van der Waals surface area contributed by atoms with Crippen LogP contribution in [-0.4, -0.2) is 18.8 Å². The summed E-state index contributed by atoms with van der Waals surface area (Å²) >= 11 is 12.8. The van der Waals surface area contributed by atoms with Gasteiger partial charge in [-0.3, -0.25) is 0 Å². The van der Waals surface area contributed by atoms with Crippen LogP contribution >= 0.6 is 23.2 Å². The minimum Gasteiger partial charge on any atom is -0.331 e. The van der Waals surface area contributed by atoms with Gasteiger partial charge >= 0.3 is 6.03 Å². The van der Waals surface area contributed by atoms with E-state index >= 15 is 0 Å². The zero-order valence-corrected chi connectivity index (χ0v) is 14.0. The number of anilines is 1. The number of carbonyl (C=O) groups is 1. The summed E-state index contributed by atoms with van der Waals surface area (Å²) in [5.41, 5.74) is 3.71. The molecule has 1 N–H and O–H groups in total. The molecule has 1 heterocycles. The average molecular weight is 348 g/mol. The van der Waals surface area contributed by atoms with Crippen molar-refractivity contribution < 1.29 is 4.79 Å². The molecule has 0 saturated heterocycles. The number of hydrazone groups is 1. The van der Waals surface area contributed by atoms with E-state index in [4.69, 9.17) is 23.2 Å². The van der Waals surface area contributed by atoms with E-state index in [1.807, 2.05) is 6.92 Å². The second-order valence-corrected chi connectivity index (χ2v) is 6.16. The lowest BCUT2D eigenvalue weighted by molar-refractivity contribution is 0.247. The number of hydrogen-bond acceptors (Lipinski definition) is 2. The smallest absolute Gasteiger partial charge is 0.331 e. The van der Waals surface area contributed by atoms with E-state index in [-0.39, 0.29) is 6.03 Å². The van der Waals surface area contributed by atoms with Gasteiger partial charge in [0, 0.05) is 22.7 Å². The number of aryl methyl sites for hydroxylation is 1. The number of carbonyl (C=O) groups excluding carboxylic acids is 1. The van der Waals surface area contributed by atoms with Crippen molar-refractivity contribution in [3.63, 3.8) is 0 Å². The second kappa shape index (κ2) is 6.60. The summed E-state index contributed by atoms with van der Waals surface area (Å²) in [5.74, 6) is 0. The molecular formula is C17H15Cl2N3O. The van der Waals surface area contributed by atoms with Crippen LogP contribution in [0.25, 0.3) is 0 Å². The Balaban J connectivity index is 1.91. The van der Waals surface area contributed by atoms with Crippen LogP contribution in [0.1, 0.15) is 16.7 Å². The van der Waals surface area contributed by atoms with Gasteiger partial charge in [0.05, 0.1) is 12.2 Å². The minimum atomic E-state index is -0.300. The van der Waals surface area contributed by atoms with E-state index in [0.29, 0.717) is 28.7 Å². The van der Waals surface area contributed by atoms with E-state index in [9.17, 15) is 4.79 Å². The molecule has 0 bridgehead atoms. The number of nitrogens with zero attached hydrogens (tertiary/aromatic N) is 2. The fraction of sp³-hybridized carbons (Fsp3) is 0.176. The molecule has 0 atom stereocenters. The van der Waals surface area contributed by atoms with Crippen molar-refractivity contribution in [1.29, 1.82) is 0 Å². The van der Waals surface area contributed by atoms with Crippen molar-refractivity contribution in [1.82, 2.24) is 5.32 Å². The highest BCUT2D eigenvalue weighted by Gasteiger charge is 2.19. The lowest BCUT2D eigenvalue weighted by Crippen LogP contribution is -2.41. The fourth-order valence-electron chi connectivity index (χ4n) is 2.36. The first-order valence-electron chi connectivity index (χ1n) is 7.18. The summed E-state index contributed by atoms with van der Waals surface area (Å²) in [6, 6.07) is 11.3. The van der Waals surface area contributed by atoms with E-state index < -0.39 is 0 Å². The lowest BCUT2D eigenvalue weighted by Gasteiger charge is -2.22. The van der Waals surface area contributed by atoms with Crippen LogP contribution in [-0.2, 0) is 6.42 Å². The van der Waals surface area contributed by atoms with E-state index in [1.165, 1.54) is 10.6 Å². The molecule has 0 unspecified atom stereocenters. The molecule has 0 radical (unpaired) electrons. The molecule has 23 heavy (non-hydrogen) atoms. The minimum absolute atomic E-state index is 0.300. The SMILES string of the molecule is Cc1ccc(Cc2c(Cl)cc(N3N=CCNC3=O)cc2Cl)cc1. The first-order chi connectivity index (χ1) is 11.0. The molecule has 3 rings (SSSR count). The molecule has 2 aromatic carbocycles. The van der Waals surface area contributed by atoms with Crippen LogP contribution in [0.3, 0.4) is 0 Å². The highest BCUT2D eigenvalue weighted by Crippen LogP contribution is 2.33. The number of rotatable bonds is 3. The van der Waals surface area contributed by atoms with Crippen molar-refractivity contribution in [2.75, 3.05) is 11.6 Å². The lowest BCUT2D eigenvalue weighted by atomic mass is 10.0. The molecule has 118 valence electrons. The number of urea groups is 1. The Hall–Kier alpha value is -2.04. The molecule has 0 saturated carbocycles. The zero-order valence-electron chi connectivity index (χ0n) is 12.5. The molecule has 1 aliphatic rings. The van der Waals surface area contributed by atoms with Crippen molar-refractivity contribution in [2.45, 2.75) is 13.3 Å². The Morgan fingerprint density at radius 1 is 1.17 bits per heavy atom. The molecule has 2 amide bonds. The maximum Gasteiger partial charge on any atom is 0.342 e. The van der Waals surface area contributed by atoms with Crippen molar-refractivity contribution in [3.05, 3.63) is 63.1 Å². The molecule has 2 aromatic rings. The van der Waals surface area contributed by atoms with Gasteiger partial charge in [-0.15, -0.1) is 0 Å². The summed E-state index contributed by atoms with van der Waals surface area (Å²) in [4.78, 5) is 11.8.